The van der Waals surface area contributed by atoms with Crippen LogP contribution in [0.1, 0.15) is 36.8 Å². The van der Waals surface area contributed by atoms with Crippen LogP contribution in [0, 0.1) is 29.0 Å². The van der Waals surface area contributed by atoms with E-state index in [1.54, 1.807) is 0 Å². The van der Waals surface area contributed by atoms with E-state index >= 15 is 0 Å². The second kappa shape index (κ2) is 5.57. The third kappa shape index (κ3) is 2.99. The van der Waals surface area contributed by atoms with Crippen LogP contribution in [0.5, 0.6) is 0 Å². The van der Waals surface area contributed by atoms with Gasteiger partial charge < -0.3 is 15.1 Å². The van der Waals surface area contributed by atoms with Gasteiger partial charge in [0.2, 0.25) is 0 Å². The monoisotopic (exact) mass is 314 g/mol. The Labute approximate surface area is 133 Å². The van der Waals surface area contributed by atoms with E-state index in [1.807, 2.05) is 6.07 Å². The Morgan fingerprint density at radius 2 is 1.87 bits per heavy atom. The van der Waals surface area contributed by atoms with E-state index < -0.39 is 17.5 Å². The standard InChI is InChI=1S/C17H15FN2O3/c18-13-6-11(5-12(7-13)10-19)3-4-17(23)8-14-1-2-15(9-17)20(14)16(21)22/h5-7,14-15,23H,1-2,8-9H2,(H,21,22). The Morgan fingerprint density at radius 3 is 2.43 bits per heavy atom. The molecule has 2 unspecified atom stereocenters. The summed E-state index contributed by atoms with van der Waals surface area (Å²) in [7, 11) is 0. The number of aliphatic hydroxyl groups is 1. The molecule has 5 nitrogen and oxygen atoms in total. The maximum Gasteiger partial charge on any atom is 0.407 e. The van der Waals surface area contributed by atoms with E-state index in [4.69, 9.17) is 5.26 Å². The van der Waals surface area contributed by atoms with Gasteiger partial charge in [-0.2, -0.15) is 5.26 Å². The SMILES string of the molecule is N#Cc1cc(F)cc(C#CC2(O)CC3CCC(C2)N3C(=O)O)c1. The molecular formula is C17H15FN2O3. The molecule has 2 heterocycles. The summed E-state index contributed by atoms with van der Waals surface area (Å²) in [6, 6.07) is 5.18. The first-order valence-corrected chi connectivity index (χ1v) is 7.38. The number of benzene rings is 1. The molecule has 2 bridgehead atoms. The zero-order chi connectivity index (χ0) is 16.6. The maximum absolute atomic E-state index is 13.4. The van der Waals surface area contributed by atoms with Crippen molar-refractivity contribution in [3.8, 4) is 17.9 Å². The molecule has 0 aliphatic carbocycles. The molecule has 6 heteroatoms. The lowest BCUT2D eigenvalue weighted by molar-refractivity contribution is -0.00378. The minimum atomic E-state index is -1.28. The number of carboxylic acid groups (broad SMARTS) is 1. The van der Waals surface area contributed by atoms with Gasteiger partial charge >= 0.3 is 6.09 Å². The van der Waals surface area contributed by atoms with Crippen molar-refractivity contribution in [2.45, 2.75) is 43.4 Å². The van der Waals surface area contributed by atoms with Crippen LogP contribution >= 0.6 is 0 Å². The molecule has 0 radical (unpaired) electrons. The zero-order valence-corrected chi connectivity index (χ0v) is 12.3. The lowest BCUT2D eigenvalue weighted by atomic mass is 9.86. The van der Waals surface area contributed by atoms with E-state index in [9.17, 15) is 19.4 Å². The van der Waals surface area contributed by atoms with Crippen LogP contribution in [0.2, 0.25) is 0 Å². The van der Waals surface area contributed by atoms with Gasteiger partial charge in [-0.15, -0.1) is 0 Å². The fourth-order valence-corrected chi connectivity index (χ4v) is 3.55. The number of nitriles is 1. The van der Waals surface area contributed by atoms with Gasteiger partial charge in [0.15, 0.2) is 0 Å². The molecule has 23 heavy (non-hydrogen) atoms. The van der Waals surface area contributed by atoms with Crippen molar-refractivity contribution in [3.63, 3.8) is 0 Å². The summed E-state index contributed by atoms with van der Waals surface area (Å²) in [5, 5.41) is 28.7. The molecule has 0 saturated carbocycles. The highest BCUT2D eigenvalue weighted by molar-refractivity contribution is 5.67. The molecule has 1 amide bonds. The summed E-state index contributed by atoms with van der Waals surface area (Å²) >= 11 is 0. The third-order valence-electron chi connectivity index (χ3n) is 4.45. The summed E-state index contributed by atoms with van der Waals surface area (Å²) in [6.45, 7) is 0. The normalized spacial score (nSPS) is 28.7. The van der Waals surface area contributed by atoms with E-state index in [0.29, 0.717) is 5.56 Å². The van der Waals surface area contributed by atoms with Gasteiger partial charge in [-0.3, -0.25) is 0 Å². The van der Waals surface area contributed by atoms with Crippen LogP contribution in [-0.4, -0.2) is 38.9 Å². The van der Waals surface area contributed by atoms with Gasteiger partial charge in [-0.25, -0.2) is 9.18 Å². The number of hydrogen-bond donors (Lipinski definition) is 2. The van der Waals surface area contributed by atoms with Crippen LogP contribution in [0.3, 0.4) is 0 Å². The molecule has 118 valence electrons. The van der Waals surface area contributed by atoms with E-state index in [-0.39, 0.29) is 30.5 Å². The lowest BCUT2D eigenvalue weighted by Gasteiger charge is -2.39. The first kappa shape index (κ1) is 15.3. The molecule has 0 aromatic heterocycles. The van der Waals surface area contributed by atoms with Crippen LogP contribution in [0.15, 0.2) is 18.2 Å². The average Bonchev–Trinajstić information content (AvgIpc) is 2.78. The number of hydrogen-bond acceptors (Lipinski definition) is 3. The molecule has 2 aliphatic heterocycles. The summed E-state index contributed by atoms with van der Waals surface area (Å²) in [5.41, 5.74) is -0.790. The van der Waals surface area contributed by atoms with Crippen molar-refractivity contribution < 1.29 is 19.4 Å². The third-order valence-corrected chi connectivity index (χ3v) is 4.45. The fraction of sp³-hybridized carbons (Fsp3) is 0.412. The zero-order valence-electron chi connectivity index (χ0n) is 12.3. The number of fused-ring (bicyclic) bond motifs is 2. The van der Waals surface area contributed by atoms with Crippen LogP contribution in [0.4, 0.5) is 9.18 Å². The van der Waals surface area contributed by atoms with Crippen LogP contribution in [0.25, 0.3) is 0 Å². The topological polar surface area (TPSA) is 84.6 Å². The molecular weight excluding hydrogens is 299 g/mol. The summed E-state index contributed by atoms with van der Waals surface area (Å²) in [5.74, 6) is 4.93. The smallest absolute Gasteiger partial charge is 0.407 e. The van der Waals surface area contributed by atoms with Crippen LogP contribution < -0.4 is 0 Å². The van der Waals surface area contributed by atoms with E-state index in [0.717, 1.165) is 18.9 Å². The highest BCUT2D eigenvalue weighted by atomic mass is 19.1. The molecule has 0 spiro atoms. The molecule has 2 aliphatic rings. The quantitative estimate of drug-likeness (QED) is 0.718. The Hall–Kier alpha value is -2.57. The summed E-state index contributed by atoms with van der Waals surface area (Å²) in [4.78, 5) is 12.7. The summed E-state index contributed by atoms with van der Waals surface area (Å²) < 4.78 is 13.4. The highest BCUT2D eigenvalue weighted by Gasteiger charge is 2.48. The lowest BCUT2D eigenvalue weighted by Crippen LogP contribution is -2.52. The second-order valence-corrected chi connectivity index (χ2v) is 6.11. The first-order chi connectivity index (χ1) is 10.9. The van der Waals surface area contributed by atoms with Gasteiger partial charge in [0.25, 0.3) is 0 Å². The number of rotatable bonds is 0. The first-order valence-electron chi connectivity index (χ1n) is 7.38. The molecule has 3 rings (SSSR count). The van der Waals surface area contributed by atoms with Crippen molar-refractivity contribution in [2.75, 3.05) is 0 Å². The number of nitrogens with zero attached hydrogens (tertiary/aromatic N) is 2. The second-order valence-electron chi connectivity index (χ2n) is 6.11. The van der Waals surface area contributed by atoms with Crippen LogP contribution in [-0.2, 0) is 0 Å². The number of carbonyl (C=O) groups is 1. The Bertz CT molecular complexity index is 745. The minimum absolute atomic E-state index is 0.169. The van der Waals surface area contributed by atoms with Crippen molar-refractivity contribution in [3.05, 3.63) is 35.1 Å². The van der Waals surface area contributed by atoms with Gasteiger partial charge in [-0.1, -0.05) is 11.8 Å². The van der Waals surface area contributed by atoms with Crippen molar-refractivity contribution >= 4 is 6.09 Å². The molecule has 2 saturated heterocycles. The van der Waals surface area contributed by atoms with Gasteiger partial charge in [0.1, 0.15) is 11.4 Å². The van der Waals surface area contributed by atoms with Crippen molar-refractivity contribution in [2.24, 2.45) is 0 Å². The van der Waals surface area contributed by atoms with Crippen molar-refractivity contribution in [1.82, 2.24) is 4.90 Å². The van der Waals surface area contributed by atoms with Gasteiger partial charge in [-0.05, 0) is 31.0 Å². The average molecular weight is 314 g/mol. The molecule has 2 N–H and O–H groups in total. The number of piperidine rings is 1. The predicted molar refractivity (Wildman–Crippen MR) is 78.9 cm³/mol. The highest BCUT2D eigenvalue weighted by Crippen LogP contribution is 2.40. The Kier molecular flexibility index (Phi) is 3.71. The molecule has 2 fully saturated rings. The fourth-order valence-electron chi connectivity index (χ4n) is 3.55. The van der Waals surface area contributed by atoms with Crippen molar-refractivity contribution in [1.29, 1.82) is 5.26 Å². The Morgan fingerprint density at radius 1 is 1.26 bits per heavy atom. The Balaban J connectivity index is 1.84. The minimum Gasteiger partial charge on any atom is -0.465 e. The predicted octanol–water partition coefficient (Wildman–Crippen LogP) is 2.08. The molecule has 1 aromatic rings. The maximum atomic E-state index is 13.4. The number of amides is 1. The number of halogens is 1. The van der Waals surface area contributed by atoms with E-state index in [2.05, 4.69) is 11.8 Å². The van der Waals surface area contributed by atoms with Gasteiger partial charge in [0.05, 0.1) is 11.6 Å². The summed E-state index contributed by atoms with van der Waals surface area (Å²) in [6.07, 6.45) is 0.988. The van der Waals surface area contributed by atoms with Gasteiger partial charge in [0, 0.05) is 30.5 Å². The largest absolute Gasteiger partial charge is 0.465 e. The molecule has 1 aromatic carbocycles. The molecule has 2 atom stereocenters. The van der Waals surface area contributed by atoms with E-state index in [1.165, 1.54) is 17.0 Å².